The Morgan fingerprint density at radius 3 is 2.62 bits per heavy atom. The lowest BCUT2D eigenvalue weighted by atomic mass is 10.3. The smallest absolute Gasteiger partial charge is 0.227 e. The van der Waals surface area contributed by atoms with Crippen LogP contribution in [0.5, 0.6) is 0 Å². The molecule has 2 atom stereocenters. The highest BCUT2D eigenvalue weighted by Gasteiger charge is 2.31. The molecule has 1 amide bonds. The maximum atomic E-state index is 11.0. The van der Waals surface area contributed by atoms with Gasteiger partial charge in [0, 0.05) is 0 Å². The Bertz CT molecular complexity index is 257. The van der Waals surface area contributed by atoms with Gasteiger partial charge in [-0.1, -0.05) is 11.8 Å². The van der Waals surface area contributed by atoms with Gasteiger partial charge in [0.05, 0.1) is 11.8 Å². The van der Waals surface area contributed by atoms with Crippen LogP contribution in [-0.4, -0.2) is 33.4 Å². The van der Waals surface area contributed by atoms with Crippen molar-refractivity contribution >= 4 is 28.6 Å². The molecule has 1 heterocycles. The summed E-state index contributed by atoms with van der Waals surface area (Å²) in [5.74, 6) is -0.703. The van der Waals surface area contributed by atoms with Crippen LogP contribution in [0.3, 0.4) is 0 Å². The number of thioether (sulfide) groups is 1. The van der Waals surface area contributed by atoms with Crippen LogP contribution in [0.15, 0.2) is 0 Å². The minimum atomic E-state index is -1.57. The van der Waals surface area contributed by atoms with E-state index in [1.54, 1.807) is 0 Å². The van der Waals surface area contributed by atoms with Gasteiger partial charge in [-0.25, -0.2) is 0 Å². The Morgan fingerprint density at radius 2 is 2.23 bits per heavy atom. The summed E-state index contributed by atoms with van der Waals surface area (Å²) < 4.78 is 0. The van der Waals surface area contributed by atoms with Crippen LogP contribution < -0.4 is 5.32 Å². The molecule has 0 aromatic rings. The van der Waals surface area contributed by atoms with Crippen LogP contribution in [0, 0.1) is 0 Å². The van der Waals surface area contributed by atoms with Crippen molar-refractivity contribution in [2.75, 3.05) is 0 Å². The second-order valence-corrected chi connectivity index (χ2v) is 3.92. The van der Waals surface area contributed by atoms with Gasteiger partial charge in [0.25, 0.3) is 0 Å². The highest BCUT2D eigenvalue weighted by molar-refractivity contribution is 8.14. The number of hydrogen-bond donors (Lipinski definition) is 2. The molecule has 2 N–H and O–H groups in total. The van der Waals surface area contributed by atoms with Crippen LogP contribution in [0.25, 0.3) is 0 Å². The first-order chi connectivity index (χ1) is 6.00. The monoisotopic (exact) mass is 203 g/mol. The quantitative estimate of drug-likeness (QED) is 0.456. The summed E-state index contributed by atoms with van der Waals surface area (Å²) >= 11 is 0.785. The SMILES string of the molecule is CC(=O)C(O)C(=O)S[C@@H]1CC(=O)N1. The van der Waals surface area contributed by atoms with Gasteiger partial charge < -0.3 is 10.4 Å². The number of aliphatic hydroxyl groups excluding tert-OH is 1. The molecule has 0 aromatic carbocycles. The number of β-lactam (4-membered cyclic amide) rings is 1. The molecule has 0 aromatic heterocycles. The van der Waals surface area contributed by atoms with Gasteiger partial charge in [-0.15, -0.1) is 0 Å². The number of hydrogen-bond acceptors (Lipinski definition) is 5. The summed E-state index contributed by atoms with van der Waals surface area (Å²) in [5.41, 5.74) is 0. The van der Waals surface area contributed by atoms with Crippen molar-refractivity contribution in [3.63, 3.8) is 0 Å². The molecule has 0 saturated carbocycles. The van der Waals surface area contributed by atoms with Crippen molar-refractivity contribution in [2.45, 2.75) is 24.8 Å². The number of aliphatic hydroxyl groups is 1. The first-order valence-electron chi connectivity index (χ1n) is 3.69. The van der Waals surface area contributed by atoms with Crippen LogP contribution >= 0.6 is 11.8 Å². The molecule has 0 bridgehead atoms. The first kappa shape index (κ1) is 10.2. The molecule has 1 saturated heterocycles. The van der Waals surface area contributed by atoms with E-state index in [1.165, 1.54) is 0 Å². The van der Waals surface area contributed by atoms with E-state index in [0.29, 0.717) is 0 Å². The van der Waals surface area contributed by atoms with Crippen LogP contribution in [0.1, 0.15) is 13.3 Å². The summed E-state index contributed by atoms with van der Waals surface area (Å²) in [5, 5.41) is 10.5. The zero-order valence-corrected chi connectivity index (χ0v) is 7.76. The average Bonchev–Trinajstić information content (AvgIpc) is 2.00. The lowest BCUT2D eigenvalue weighted by molar-refractivity contribution is -0.132. The fraction of sp³-hybridized carbons (Fsp3) is 0.571. The molecule has 6 heteroatoms. The van der Waals surface area contributed by atoms with Crippen molar-refractivity contribution in [1.82, 2.24) is 5.32 Å². The van der Waals surface area contributed by atoms with E-state index in [-0.39, 0.29) is 17.7 Å². The Kier molecular flexibility index (Phi) is 3.05. The molecule has 72 valence electrons. The number of rotatable bonds is 3. The van der Waals surface area contributed by atoms with Crippen molar-refractivity contribution in [3.8, 4) is 0 Å². The second kappa shape index (κ2) is 3.89. The normalized spacial score (nSPS) is 22.9. The minimum Gasteiger partial charge on any atom is -0.377 e. The zero-order chi connectivity index (χ0) is 10.0. The van der Waals surface area contributed by atoms with E-state index in [1.807, 2.05) is 0 Å². The first-order valence-corrected chi connectivity index (χ1v) is 4.57. The fourth-order valence-electron chi connectivity index (χ4n) is 0.769. The van der Waals surface area contributed by atoms with Gasteiger partial charge in [-0.05, 0) is 6.92 Å². The molecule has 0 aliphatic carbocycles. The number of ketones is 1. The Labute approximate surface area is 78.9 Å². The summed E-state index contributed by atoms with van der Waals surface area (Å²) in [6.07, 6.45) is -1.30. The third-order valence-electron chi connectivity index (χ3n) is 1.56. The molecule has 1 aliphatic rings. The molecule has 1 fully saturated rings. The van der Waals surface area contributed by atoms with Gasteiger partial charge >= 0.3 is 0 Å². The van der Waals surface area contributed by atoms with Crippen molar-refractivity contribution in [3.05, 3.63) is 0 Å². The Balaban J connectivity index is 2.33. The van der Waals surface area contributed by atoms with Crippen molar-refractivity contribution in [1.29, 1.82) is 0 Å². The number of carbonyl (C=O) groups is 3. The van der Waals surface area contributed by atoms with Crippen LogP contribution in [0.2, 0.25) is 0 Å². The highest BCUT2D eigenvalue weighted by atomic mass is 32.2. The second-order valence-electron chi connectivity index (χ2n) is 2.71. The Hall–Kier alpha value is -0.880. The Morgan fingerprint density at radius 1 is 1.69 bits per heavy atom. The predicted octanol–water partition coefficient (Wildman–Crippen LogP) is -0.958. The molecule has 0 radical (unpaired) electrons. The summed E-state index contributed by atoms with van der Waals surface area (Å²) in [6.45, 7) is 1.14. The number of carbonyl (C=O) groups excluding carboxylic acids is 3. The number of nitrogens with one attached hydrogen (secondary N) is 1. The van der Waals surface area contributed by atoms with E-state index < -0.39 is 17.0 Å². The van der Waals surface area contributed by atoms with E-state index >= 15 is 0 Å². The molecular formula is C7H9NO4S. The van der Waals surface area contributed by atoms with Gasteiger partial charge in [-0.2, -0.15) is 0 Å². The third-order valence-corrected chi connectivity index (χ3v) is 2.58. The van der Waals surface area contributed by atoms with E-state index in [2.05, 4.69) is 5.32 Å². The van der Waals surface area contributed by atoms with E-state index in [9.17, 15) is 14.4 Å². The fourth-order valence-corrected chi connectivity index (χ4v) is 1.77. The number of Topliss-reactive ketones (excluding diaryl/α,β-unsaturated/α-hetero) is 1. The van der Waals surface area contributed by atoms with Crippen LogP contribution in [0.4, 0.5) is 0 Å². The molecule has 1 aliphatic heterocycles. The molecule has 1 rings (SSSR count). The number of amides is 1. The van der Waals surface area contributed by atoms with Gasteiger partial charge in [0.2, 0.25) is 11.0 Å². The standard InChI is InChI=1S/C7H9NO4S/c1-3(9)6(11)7(12)13-5-2-4(10)8-5/h5-6,11H,2H2,1H3,(H,8,10)/t5-,6?/m1/s1. The third kappa shape index (κ3) is 2.53. The van der Waals surface area contributed by atoms with Crippen molar-refractivity contribution < 1.29 is 19.5 Å². The van der Waals surface area contributed by atoms with Gasteiger partial charge in [-0.3, -0.25) is 14.4 Å². The summed E-state index contributed by atoms with van der Waals surface area (Å²) in [7, 11) is 0. The zero-order valence-electron chi connectivity index (χ0n) is 6.94. The maximum Gasteiger partial charge on any atom is 0.227 e. The minimum absolute atomic E-state index is 0.123. The molecule has 1 unspecified atom stereocenters. The van der Waals surface area contributed by atoms with E-state index in [4.69, 9.17) is 5.11 Å². The van der Waals surface area contributed by atoms with E-state index in [0.717, 1.165) is 18.7 Å². The summed E-state index contributed by atoms with van der Waals surface area (Å²) in [6, 6.07) is 0. The highest BCUT2D eigenvalue weighted by Crippen LogP contribution is 2.21. The molecule has 5 nitrogen and oxygen atoms in total. The van der Waals surface area contributed by atoms with Gasteiger partial charge in [0.1, 0.15) is 0 Å². The summed E-state index contributed by atoms with van der Waals surface area (Å²) in [4.78, 5) is 32.0. The molecular weight excluding hydrogens is 194 g/mol. The van der Waals surface area contributed by atoms with Crippen LogP contribution in [-0.2, 0) is 14.4 Å². The topological polar surface area (TPSA) is 83.5 Å². The maximum absolute atomic E-state index is 11.0. The van der Waals surface area contributed by atoms with Gasteiger partial charge in [0.15, 0.2) is 11.9 Å². The van der Waals surface area contributed by atoms with Crippen molar-refractivity contribution in [2.24, 2.45) is 0 Å². The lowest BCUT2D eigenvalue weighted by Gasteiger charge is -2.25. The largest absolute Gasteiger partial charge is 0.377 e. The predicted molar refractivity (Wildman–Crippen MR) is 45.8 cm³/mol. The molecule has 13 heavy (non-hydrogen) atoms. The lowest BCUT2D eigenvalue weighted by Crippen LogP contribution is -2.47. The molecule has 0 spiro atoms. The average molecular weight is 203 g/mol.